The number of aromatic nitrogens is 2. The summed E-state index contributed by atoms with van der Waals surface area (Å²) >= 11 is 1.71. The van der Waals surface area contributed by atoms with Gasteiger partial charge in [0.05, 0.1) is 0 Å². The number of nitrogens with zero attached hydrogens (tertiary/aromatic N) is 2. The lowest BCUT2D eigenvalue weighted by atomic mass is 10.2. The van der Waals surface area contributed by atoms with Crippen LogP contribution in [-0.2, 0) is 6.42 Å². The first-order chi connectivity index (χ1) is 9.42. The second-order valence-electron chi connectivity index (χ2n) is 4.10. The van der Waals surface area contributed by atoms with Crippen LogP contribution in [-0.4, -0.2) is 16.7 Å². The second kappa shape index (κ2) is 5.67. The van der Waals surface area contributed by atoms with Crippen LogP contribution < -0.4 is 5.32 Å². The third-order valence-corrected chi connectivity index (χ3v) is 3.46. The van der Waals surface area contributed by atoms with Gasteiger partial charge in [0.25, 0.3) is 0 Å². The standard InChI is InChI=1S/C14H13N3OS/c1-2-4-12(5-3-1)13-16-14(18-17-13)15-8-6-11-7-9-19-10-11/h1-5,7,9-10H,6,8H2,(H,15,16,17). The summed E-state index contributed by atoms with van der Waals surface area (Å²) in [6.07, 6.45) is 0.951. The van der Waals surface area contributed by atoms with Crippen molar-refractivity contribution in [3.05, 3.63) is 52.7 Å². The van der Waals surface area contributed by atoms with E-state index in [1.807, 2.05) is 30.3 Å². The molecule has 0 bridgehead atoms. The summed E-state index contributed by atoms with van der Waals surface area (Å²) in [5.74, 6) is 0.610. The summed E-state index contributed by atoms with van der Waals surface area (Å²) in [7, 11) is 0. The zero-order chi connectivity index (χ0) is 12.9. The van der Waals surface area contributed by atoms with E-state index in [0.29, 0.717) is 11.8 Å². The maximum Gasteiger partial charge on any atom is 0.321 e. The monoisotopic (exact) mass is 271 g/mol. The van der Waals surface area contributed by atoms with Gasteiger partial charge in [0.15, 0.2) is 0 Å². The molecule has 0 atom stereocenters. The highest BCUT2D eigenvalue weighted by Crippen LogP contribution is 2.16. The number of benzene rings is 1. The fourth-order valence-corrected chi connectivity index (χ4v) is 2.45. The van der Waals surface area contributed by atoms with E-state index in [-0.39, 0.29) is 0 Å². The number of hydrogen-bond acceptors (Lipinski definition) is 5. The minimum absolute atomic E-state index is 0.467. The van der Waals surface area contributed by atoms with Crippen LogP contribution in [0.25, 0.3) is 11.4 Å². The van der Waals surface area contributed by atoms with Crippen molar-refractivity contribution in [2.75, 3.05) is 11.9 Å². The Labute approximate surface area is 115 Å². The zero-order valence-corrected chi connectivity index (χ0v) is 11.1. The van der Waals surface area contributed by atoms with Crippen molar-refractivity contribution >= 4 is 17.4 Å². The third kappa shape index (κ3) is 3.00. The van der Waals surface area contributed by atoms with E-state index in [1.54, 1.807) is 11.3 Å². The molecule has 3 aromatic rings. The number of anilines is 1. The van der Waals surface area contributed by atoms with Gasteiger partial charge in [-0.3, -0.25) is 0 Å². The van der Waals surface area contributed by atoms with Crippen LogP contribution in [0.15, 0.2) is 51.7 Å². The predicted molar refractivity (Wildman–Crippen MR) is 76.2 cm³/mol. The zero-order valence-electron chi connectivity index (χ0n) is 10.2. The van der Waals surface area contributed by atoms with E-state index in [1.165, 1.54) is 5.56 Å². The summed E-state index contributed by atoms with van der Waals surface area (Å²) < 4.78 is 5.17. The molecule has 0 saturated heterocycles. The van der Waals surface area contributed by atoms with Crippen LogP contribution >= 0.6 is 11.3 Å². The molecule has 0 unspecified atom stereocenters. The molecule has 4 nitrogen and oxygen atoms in total. The number of hydrogen-bond donors (Lipinski definition) is 1. The first-order valence-electron chi connectivity index (χ1n) is 6.06. The Hall–Kier alpha value is -2.14. The minimum Gasteiger partial charge on any atom is -0.337 e. The molecule has 2 heterocycles. The quantitative estimate of drug-likeness (QED) is 0.772. The van der Waals surface area contributed by atoms with Gasteiger partial charge in [-0.25, -0.2) is 0 Å². The Bertz CT molecular complexity index is 619. The molecule has 0 fully saturated rings. The molecule has 0 spiro atoms. The first kappa shape index (κ1) is 11.9. The number of rotatable bonds is 5. The molecule has 1 aromatic carbocycles. The van der Waals surface area contributed by atoms with Crippen LogP contribution in [0.5, 0.6) is 0 Å². The highest BCUT2D eigenvalue weighted by Gasteiger charge is 2.07. The van der Waals surface area contributed by atoms with E-state index in [4.69, 9.17) is 4.52 Å². The molecule has 0 aliphatic heterocycles. The van der Waals surface area contributed by atoms with Gasteiger partial charge in [-0.2, -0.15) is 16.3 Å². The van der Waals surface area contributed by atoms with E-state index in [2.05, 4.69) is 32.3 Å². The molecule has 96 valence electrons. The van der Waals surface area contributed by atoms with Crippen LogP contribution in [0.1, 0.15) is 5.56 Å². The Balaban J connectivity index is 1.59. The summed E-state index contributed by atoms with van der Waals surface area (Å²) in [6.45, 7) is 0.785. The van der Waals surface area contributed by atoms with Crippen LogP contribution in [0.2, 0.25) is 0 Å². The molecule has 19 heavy (non-hydrogen) atoms. The van der Waals surface area contributed by atoms with Crippen LogP contribution in [0, 0.1) is 0 Å². The average Bonchev–Trinajstić information content (AvgIpc) is 3.11. The van der Waals surface area contributed by atoms with E-state index >= 15 is 0 Å². The van der Waals surface area contributed by atoms with Gasteiger partial charge in [0.1, 0.15) is 0 Å². The lowest BCUT2D eigenvalue weighted by molar-refractivity contribution is 0.432. The molecule has 0 amide bonds. The highest BCUT2D eigenvalue weighted by molar-refractivity contribution is 7.07. The van der Waals surface area contributed by atoms with Gasteiger partial charge in [0.2, 0.25) is 5.82 Å². The van der Waals surface area contributed by atoms with Gasteiger partial charge >= 0.3 is 6.01 Å². The maximum absolute atomic E-state index is 5.17. The largest absolute Gasteiger partial charge is 0.337 e. The molecule has 0 aliphatic rings. The molecule has 0 aliphatic carbocycles. The van der Waals surface area contributed by atoms with Gasteiger partial charge in [-0.05, 0) is 28.8 Å². The van der Waals surface area contributed by atoms with Crippen LogP contribution in [0.3, 0.4) is 0 Å². The fraction of sp³-hybridized carbons (Fsp3) is 0.143. The Morgan fingerprint density at radius 2 is 2.05 bits per heavy atom. The van der Waals surface area contributed by atoms with Gasteiger partial charge in [-0.15, -0.1) is 0 Å². The van der Waals surface area contributed by atoms with Crippen molar-refractivity contribution in [3.63, 3.8) is 0 Å². The van der Waals surface area contributed by atoms with E-state index in [9.17, 15) is 0 Å². The molecule has 0 radical (unpaired) electrons. The van der Waals surface area contributed by atoms with E-state index in [0.717, 1.165) is 18.5 Å². The van der Waals surface area contributed by atoms with Gasteiger partial charge < -0.3 is 9.84 Å². The summed E-state index contributed by atoms with van der Waals surface area (Å²) in [4.78, 5) is 4.31. The lowest BCUT2D eigenvalue weighted by Crippen LogP contribution is -2.04. The van der Waals surface area contributed by atoms with Crippen molar-refractivity contribution in [3.8, 4) is 11.4 Å². The predicted octanol–water partition coefficient (Wildman–Crippen LogP) is 3.45. The van der Waals surface area contributed by atoms with Crippen LogP contribution in [0.4, 0.5) is 6.01 Å². The van der Waals surface area contributed by atoms with Crippen molar-refractivity contribution in [2.24, 2.45) is 0 Å². The molecule has 5 heteroatoms. The average molecular weight is 271 g/mol. The molecule has 0 saturated carbocycles. The number of nitrogens with one attached hydrogen (secondary N) is 1. The molecule has 1 N–H and O–H groups in total. The second-order valence-corrected chi connectivity index (χ2v) is 4.88. The van der Waals surface area contributed by atoms with Crippen molar-refractivity contribution in [1.29, 1.82) is 0 Å². The normalized spacial score (nSPS) is 10.5. The van der Waals surface area contributed by atoms with Crippen molar-refractivity contribution < 1.29 is 4.52 Å². The third-order valence-electron chi connectivity index (χ3n) is 2.73. The van der Waals surface area contributed by atoms with E-state index < -0.39 is 0 Å². The maximum atomic E-state index is 5.17. The molecule has 3 rings (SSSR count). The number of thiophene rings is 1. The molecule has 2 aromatic heterocycles. The SMILES string of the molecule is c1ccc(-c2noc(NCCc3ccsc3)n2)cc1. The Kier molecular flexibility index (Phi) is 3.56. The highest BCUT2D eigenvalue weighted by atomic mass is 32.1. The molecular formula is C14H13N3OS. The van der Waals surface area contributed by atoms with Gasteiger partial charge in [0, 0.05) is 12.1 Å². The summed E-state index contributed by atoms with van der Waals surface area (Å²) in [5.41, 5.74) is 2.28. The Morgan fingerprint density at radius 1 is 1.16 bits per heavy atom. The topological polar surface area (TPSA) is 51.0 Å². The summed E-state index contributed by atoms with van der Waals surface area (Å²) in [5, 5.41) is 11.3. The summed E-state index contributed by atoms with van der Waals surface area (Å²) in [6, 6.07) is 12.4. The minimum atomic E-state index is 0.467. The smallest absolute Gasteiger partial charge is 0.321 e. The van der Waals surface area contributed by atoms with Crippen molar-refractivity contribution in [1.82, 2.24) is 10.1 Å². The molecular weight excluding hydrogens is 258 g/mol. The fourth-order valence-electron chi connectivity index (χ4n) is 1.75. The lowest BCUT2D eigenvalue weighted by Gasteiger charge is -1.98. The van der Waals surface area contributed by atoms with Gasteiger partial charge in [-0.1, -0.05) is 35.5 Å². The first-order valence-corrected chi connectivity index (χ1v) is 7.00. The Morgan fingerprint density at radius 3 is 2.84 bits per heavy atom. The van der Waals surface area contributed by atoms with Crippen molar-refractivity contribution in [2.45, 2.75) is 6.42 Å².